The second kappa shape index (κ2) is 5.74. The third-order valence-corrected chi connectivity index (χ3v) is 4.42. The van der Waals surface area contributed by atoms with Gasteiger partial charge in [-0.05, 0) is 34.3 Å². The van der Waals surface area contributed by atoms with Crippen molar-refractivity contribution in [3.05, 3.63) is 28.6 Å². The number of rotatable bonds is 3. The molecule has 0 aliphatic carbocycles. The molecule has 1 aliphatic heterocycles. The number of halogens is 1. The van der Waals surface area contributed by atoms with Crippen molar-refractivity contribution in [3.63, 3.8) is 0 Å². The molecular weight excluding hydrogens is 318 g/mol. The fourth-order valence-corrected chi connectivity index (χ4v) is 2.99. The van der Waals surface area contributed by atoms with Gasteiger partial charge in [-0.15, -0.1) is 0 Å². The van der Waals surface area contributed by atoms with E-state index in [2.05, 4.69) is 57.5 Å². The van der Waals surface area contributed by atoms with E-state index in [1.54, 1.807) is 0 Å². The molecule has 0 bridgehead atoms. The van der Waals surface area contributed by atoms with E-state index < -0.39 is 0 Å². The molecule has 0 spiro atoms. The van der Waals surface area contributed by atoms with Crippen LogP contribution in [0.5, 0.6) is 0 Å². The largest absolute Gasteiger partial charge is 0.378 e. The summed E-state index contributed by atoms with van der Waals surface area (Å²) in [5, 5.41) is 0. The number of morpholine rings is 1. The Bertz CT molecular complexity index is 604. The number of pyridine rings is 1. The van der Waals surface area contributed by atoms with Gasteiger partial charge in [-0.25, -0.2) is 4.98 Å². The van der Waals surface area contributed by atoms with E-state index in [0.717, 1.165) is 42.8 Å². The predicted octanol–water partition coefficient (Wildman–Crippen LogP) is 3.45. The fourth-order valence-electron chi connectivity index (χ4n) is 2.55. The highest BCUT2D eigenvalue weighted by molar-refractivity contribution is 9.10. The van der Waals surface area contributed by atoms with Gasteiger partial charge < -0.3 is 14.0 Å². The lowest BCUT2D eigenvalue weighted by molar-refractivity contribution is 0.123. The number of hydrogen-bond donors (Lipinski definition) is 0. The lowest BCUT2D eigenvalue weighted by Gasteiger charge is -2.29. The maximum absolute atomic E-state index is 5.44. The Morgan fingerprint density at radius 3 is 2.80 bits per heavy atom. The summed E-state index contributed by atoms with van der Waals surface area (Å²) in [7, 11) is 0. The Morgan fingerprint density at radius 1 is 1.35 bits per heavy atom. The smallest absolute Gasteiger partial charge is 0.160 e. The molecule has 0 radical (unpaired) electrons. The molecular formula is C15H20BrN3O. The molecule has 0 amide bonds. The Balaban J connectivity index is 2.07. The number of hydrogen-bond acceptors (Lipinski definition) is 3. The van der Waals surface area contributed by atoms with Gasteiger partial charge in [0, 0.05) is 30.0 Å². The number of fused-ring (bicyclic) bond motifs is 1. The first-order valence-electron chi connectivity index (χ1n) is 7.20. The minimum Gasteiger partial charge on any atom is -0.378 e. The number of nitrogens with zero attached hydrogens (tertiary/aromatic N) is 3. The molecule has 5 heteroatoms. The van der Waals surface area contributed by atoms with Gasteiger partial charge in [-0.2, -0.15) is 0 Å². The van der Waals surface area contributed by atoms with Crippen molar-refractivity contribution in [2.24, 2.45) is 0 Å². The second-order valence-electron chi connectivity index (χ2n) is 5.35. The van der Waals surface area contributed by atoms with Crippen LogP contribution in [0, 0.1) is 0 Å². The van der Waals surface area contributed by atoms with Crippen molar-refractivity contribution in [1.29, 1.82) is 0 Å². The molecule has 1 aliphatic rings. The van der Waals surface area contributed by atoms with Gasteiger partial charge in [0.2, 0.25) is 0 Å². The van der Waals surface area contributed by atoms with Crippen LogP contribution in [0.15, 0.2) is 22.9 Å². The van der Waals surface area contributed by atoms with Gasteiger partial charge in [0.1, 0.15) is 0 Å². The van der Waals surface area contributed by atoms with Gasteiger partial charge in [-0.3, -0.25) is 0 Å². The Morgan fingerprint density at radius 2 is 2.10 bits per heavy atom. The van der Waals surface area contributed by atoms with Gasteiger partial charge in [0.05, 0.1) is 24.6 Å². The highest BCUT2D eigenvalue weighted by Gasteiger charge is 2.18. The minimum atomic E-state index is 0.492. The zero-order valence-electron chi connectivity index (χ0n) is 12.0. The highest BCUT2D eigenvalue weighted by Crippen LogP contribution is 2.28. The third kappa shape index (κ3) is 2.56. The third-order valence-electron chi connectivity index (χ3n) is 3.99. The Kier molecular flexibility index (Phi) is 3.98. The maximum atomic E-state index is 5.44. The molecule has 20 heavy (non-hydrogen) atoms. The molecule has 1 fully saturated rings. The van der Waals surface area contributed by atoms with Crippen LogP contribution in [-0.2, 0) is 4.74 Å². The topological polar surface area (TPSA) is 29.8 Å². The van der Waals surface area contributed by atoms with E-state index in [1.165, 1.54) is 11.4 Å². The quantitative estimate of drug-likeness (QED) is 0.859. The van der Waals surface area contributed by atoms with Crippen molar-refractivity contribution in [2.45, 2.75) is 26.2 Å². The Hall–Kier alpha value is -1.07. The average molecular weight is 338 g/mol. The zero-order valence-corrected chi connectivity index (χ0v) is 13.6. The first-order chi connectivity index (χ1) is 9.69. The molecule has 1 atom stereocenters. The summed E-state index contributed by atoms with van der Waals surface area (Å²) < 4.78 is 8.66. The molecule has 0 aromatic carbocycles. The first kappa shape index (κ1) is 13.9. The lowest BCUT2D eigenvalue weighted by atomic mass is 10.1. The predicted molar refractivity (Wildman–Crippen MR) is 84.6 cm³/mol. The average Bonchev–Trinajstić information content (AvgIpc) is 2.90. The van der Waals surface area contributed by atoms with Crippen LogP contribution in [-0.4, -0.2) is 35.7 Å². The SMILES string of the molecule is CCC(C)c1cn2cc(Br)cc(N3CCOCC3)c2n1. The van der Waals surface area contributed by atoms with Crippen LogP contribution in [0.2, 0.25) is 0 Å². The van der Waals surface area contributed by atoms with Crippen LogP contribution in [0.3, 0.4) is 0 Å². The van der Waals surface area contributed by atoms with Crippen LogP contribution in [0.25, 0.3) is 5.65 Å². The summed E-state index contributed by atoms with van der Waals surface area (Å²) in [6.45, 7) is 7.86. The monoisotopic (exact) mass is 337 g/mol. The van der Waals surface area contributed by atoms with E-state index in [1.807, 2.05) is 0 Å². The van der Waals surface area contributed by atoms with Gasteiger partial charge in [0.25, 0.3) is 0 Å². The number of anilines is 1. The van der Waals surface area contributed by atoms with Gasteiger partial charge in [0.15, 0.2) is 5.65 Å². The second-order valence-corrected chi connectivity index (χ2v) is 6.26. The van der Waals surface area contributed by atoms with Crippen LogP contribution in [0.4, 0.5) is 5.69 Å². The fraction of sp³-hybridized carbons (Fsp3) is 0.533. The lowest BCUT2D eigenvalue weighted by Crippen LogP contribution is -2.36. The van der Waals surface area contributed by atoms with E-state index >= 15 is 0 Å². The standard InChI is InChI=1S/C15H20BrN3O/c1-3-11(2)13-10-19-9-12(16)8-14(15(19)17-13)18-4-6-20-7-5-18/h8-11H,3-7H2,1-2H3. The summed E-state index contributed by atoms with van der Waals surface area (Å²) in [4.78, 5) is 7.22. The highest BCUT2D eigenvalue weighted by atomic mass is 79.9. The van der Waals surface area contributed by atoms with E-state index in [-0.39, 0.29) is 0 Å². The van der Waals surface area contributed by atoms with Crippen molar-refractivity contribution < 1.29 is 4.74 Å². The molecule has 0 saturated carbocycles. The molecule has 108 valence electrons. The van der Waals surface area contributed by atoms with Crippen molar-refractivity contribution in [3.8, 4) is 0 Å². The van der Waals surface area contributed by atoms with Crippen LogP contribution in [0.1, 0.15) is 31.9 Å². The molecule has 4 nitrogen and oxygen atoms in total. The number of imidazole rings is 1. The maximum Gasteiger partial charge on any atom is 0.160 e. The molecule has 2 aromatic heterocycles. The molecule has 0 N–H and O–H groups in total. The summed E-state index contributed by atoms with van der Waals surface area (Å²) in [5.41, 5.74) is 3.41. The van der Waals surface area contributed by atoms with Crippen molar-refractivity contribution >= 4 is 27.3 Å². The van der Waals surface area contributed by atoms with Crippen LogP contribution < -0.4 is 4.90 Å². The first-order valence-corrected chi connectivity index (χ1v) is 7.99. The van der Waals surface area contributed by atoms with Crippen molar-refractivity contribution in [2.75, 3.05) is 31.2 Å². The zero-order chi connectivity index (χ0) is 14.1. The summed E-state index contributed by atoms with van der Waals surface area (Å²) in [6.07, 6.45) is 5.34. The summed E-state index contributed by atoms with van der Waals surface area (Å²) >= 11 is 3.61. The minimum absolute atomic E-state index is 0.492. The molecule has 2 aromatic rings. The van der Waals surface area contributed by atoms with Crippen molar-refractivity contribution in [1.82, 2.24) is 9.38 Å². The molecule has 1 unspecified atom stereocenters. The van der Waals surface area contributed by atoms with E-state index in [9.17, 15) is 0 Å². The molecule has 1 saturated heterocycles. The van der Waals surface area contributed by atoms with Gasteiger partial charge >= 0.3 is 0 Å². The number of ether oxygens (including phenoxy) is 1. The molecule has 3 heterocycles. The summed E-state index contributed by atoms with van der Waals surface area (Å²) in [5.74, 6) is 0.492. The molecule has 3 rings (SSSR count). The van der Waals surface area contributed by atoms with Gasteiger partial charge in [-0.1, -0.05) is 13.8 Å². The summed E-state index contributed by atoms with van der Waals surface area (Å²) in [6, 6.07) is 2.16. The van der Waals surface area contributed by atoms with E-state index in [0.29, 0.717) is 5.92 Å². The van der Waals surface area contributed by atoms with Crippen LogP contribution >= 0.6 is 15.9 Å². The Labute approximate surface area is 127 Å². The van der Waals surface area contributed by atoms with E-state index in [4.69, 9.17) is 9.72 Å². The number of aromatic nitrogens is 2. The normalized spacial score (nSPS) is 17.6.